The molecule has 2 saturated heterocycles. The number of benzene rings is 1. The molecule has 0 bridgehead atoms. The Morgan fingerprint density at radius 2 is 1.78 bits per heavy atom. The van der Waals surface area contributed by atoms with E-state index in [0.717, 1.165) is 0 Å². The van der Waals surface area contributed by atoms with Gasteiger partial charge in [-0.25, -0.2) is 8.42 Å². The predicted octanol–water partition coefficient (Wildman–Crippen LogP) is 0.733. The Hall–Kier alpha value is -1.97. The van der Waals surface area contributed by atoms with E-state index in [9.17, 15) is 18.0 Å². The second-order valence-corrected chi connectivity index (χ2v) is 8.57. The van der Waals surface area contributed by atoms with Crippen LogP contribution in [0.25, 0.3) is 0 Å². The molecule has 1 amide bonds. The van der Waals surface area contributed by atoms with Gasteiger partial charge >= 0.3 is 5.97 Å². The van der Waals surface area contributed by atoms with Crippen LogP contribution in [0.3, 0.4) is 0 Å². The summed E-state index contributed by atoms with van der Waals surface area (Å²) < 4.78 is 36.9. The fourth-order valence-corrected chi connectivity index (χ4v) is 4.85. The van der Waals surface area contributed by atoms with Crippen molar-refractivity contribution in [1.82, 2.24) is 9.21 Å². The van der Waals surface area contributed by atoms with Gasteiger partial charge in [0.2, 0.25) is 10.0 Å². The number of sulfonamides is 1. The highest BCUT2D eigenvalue weighted by Gasteiger charge is 2.30. The largest absolute Gasteiger partial charge is 0.469 e. The molecule has 0 aromatic heterocycles. The summed E-state index contributed by atoms with van der Waals surface area (Å²) in [4.78, 5) is 26.2. The molecule has 2 aliphatic rings. The molecule has 3 rings (SSSR count). The average Bonchev–Trinajstić information content (AvgIpc) is 2.73. The predicted molar refractivity (Wildman–Crippen MR) is 96.7 cm³/mol. The third-order valence-corrected chi connectivity index (χ3v) is 6.90. The van der Waals surface area contributed by atoms with Gasteiger partial charge in [-0.05, 0) is 31.0 Å². The summed E-state index contributed by atoms with van der Waals surface area (Å²) in [6, 6.07) is 6.14. The van der Waals surface area contributed by atoms with E-state index in [2.05, 4.69) is 0 Å². The standard InChI is InChI=1S/C18H24N2O6S/c1-25-18(22)14-5-7-19(8-6-14)17(21)15-3-2-4-16(13-15)27(23,24)20-9-11-26-12-10-20/h2-4,13-14H,5-12H2,1H3. The molecule has 0 spiro atoms. The van der Waals surface area contributed by atoms with Crippen molar-refractivity contribution in [3.05, 3.63) is 29.8 Å². The van der Waals surface area contributed by atoms with Gasteiger partial charge in [-0.15, -0.1) is 0 Å². The number of ether oxygens (including phenoxy) is 2. The Morgan fingerprint density at radius 1 is 1.11 bits per heavy atom. The number of carbonyl (C=O) groups is 2. The topological polar surface area (TPSA) is 93.2 Å². The minimum atomic E-state index is -3.65. The van der Waals surface area contributed by atoms with Gasteiger partial charge in [0, 0.05) is 31.7 Å². The minimum absolute atomic E-state index is 0.111. The number of likely N-dealkylation sites (tertiary alicyclic amines) is 1. The molecule has 0 aliphatic carbocycles. The van der Waals surface area contributed by atoms with Crippen molar-refractivity contribution < 1.29 is 27.5 Å². The number of nitrogens with zero attached hydrogens (tertiary/aromatic N) is 2. The molecule has 27 heavy (non-hydrogen) atoms. The highest BCUT2D eigenvalue weighted by molar-refractivity contribution is 7.89. The molecule has 148 valence electrons. The Morgan fingerprint density at radius 3 is 2.41 bits per heavy atom. The second kappa shape index (κ2) is 8.37. The number of hydrogen-bond acceptors (Lipinski definition) is 6. The smallest absolute Gasteiger partial charge is 0.308 e. The average molecular weight is 396 g/mol. The summed E-state index contributed by atoms with van der Waals surface area (Å²) in [6.45, 7) is 2.24. The Balaban J connectivity index is 1.72. The summed E-state index contributed by atoms with van der Waals surface area (Å²) in [5.74, 6) is -0.662. The molecule has 0 radical (unpaired) electrons. The highest BCUT2D eigenvalue weighted by atomic mass is 32.2. The normalized spacial score (nSPS) is 19.7. The summed E-state index contributed by atoms with van der Waals surface area (Å²) in [5, 5.41) is 0. The number of morpholine rings is 1. The van der Waals surface area contributed by atoms with Crippen LogP contribution in [0.5, 0.6) is 0 Å². The van der Waals surface area contributed by atoms with Gasteiger partial charge in [-0.3, -0.25) is 9.59 Å². The van der Waals surface area contributed by atoms with Crippen LogP contribution in [-0.4, -0.2) is 76.0 Å². The van der Waals surface area contributed by atoms with Gasteiger partial charge < -0.3 is 14.4 Å². The number of rotatable bonds is 4. The molecular formula is C18H24N2O6S. The van der Waals surface area contributed by atoms with Crippen molar-refractivity contribution in [2.75, 3.05) is 46.5 Å². The van der Waals surface area contributed by atoms with E-state index in [-0.39, 0.29) is 22.7 Å². The lowest BCUT2D eigenvalue weighted by molar-refractivity contribution is -0.146. The van der Waals surface area contributed by atoms with Crippen molar-refractivity contribution >= 4 is 21.9 Å². The van der Waals surface area contributed by atoms with E-state index >= 15 is 0 Å². The van der Waals surface area contributed by atoms with E-state index in [0.29, 0.717) is 57.8 Å². The van der Waals surface area contributed by atoms with Gasteiger partial charge in [0.1, 0.15) is 0 Å². The van der Waals surface area contributed by atoms with Crippen LogP contribution in [0, 0.1) is 5.92 Å². The lowest BCUT2D eigenvalue weighted by Gasteiger charge is -2.31. The zero-order valence-corrected chi connectivity index (χ0v) is 16.1. The maximum absolute atomic E-state index is 12.8. The van der Waals surface area contributed by atoms with Crippen molar-refractivity contribution in [3.63, 3.8) is 0 Å². The number of piperidine rings is 1. The Kier molecular flexibility index (Phi) is 6.13. The van der Waals surface area contributed by atoms with Gasteiger partial charge in [0.15, 0.2) is 0 Å². The van der Waals surface area contributed by atoms with E-state index < -0.39 is 10.0 Å². The van der Waals surface area contributed by atoms with Crippen molar-refractivity contribution in [3.8, 4) is 0 Å². The first-order chi connectivity index (χ1) is 12.9. The summed E-state index contributed by atoms with van der Waals surface area (Å²) >= 11 is 0. The van der Waals surface area contributed by atoms with Crippen molar-refractivity contribution in [2.24, 2.45) is 5.92 Å². The van der Waals surface area contributed by atoms with Gasteiger partial charge in [-0.2, -0.15) is 4.31 Å². The first kappa shape index (κ1) is 19.8. The third-order valence-electron chi connectivity index (χ3n) is 5.01. The van der Waals surface area contributed by atoms with Crippen molar-refractivity contribution in [2.45, 2.75) is 17.7 Å². The Labute approximate surface area is 159 Å². The van der Waals surface area contributed by atoms with Crippen LogP contribution >= 0.6 is 0 Å². The molecule has 0 N–H and O–H groups in total. The first-order valence-electron chi connectivity index (χ1n) is 8.98. The van der Waals surface area contributed by atoms with Crippen LogP contribution < -0.4 is 0 Å². The van der Waals surface area contributed by atoms with Gasteiger partial charge in [0.25, 0.3) is 5.91 Å². The highest BCUT2D eigenvalue weighted by Crippen LogP contribution is 2.22. The molecule has 2 aliphatic heterocycles. The molecule has 1 aromatic rings. The number of esters is 1. The number of carbonyl (C=O) groups excluding carboxylic acids is 2. The lowest BCUT2D eigenvalue weighted by Crippen LogP contribution is -2.41. The maximum Gasteiger partial charge on any atom is 0.308 e. The maximum atomic E-state index is 12.8. The third kappa shape index (κ3) is 4.31. The lowest BCUT2D eigenvalue weighted by atomic mass is 9.96. The van der Waals surface area contributed by atoms with Gasteiger partial charge in [0.05, 0.1) is 31.1 Å². The first-order valence-corrected chi connectivity index (χ1v) is 10.4. The molecule has 2 fully saturated rings. The molecule has 0 atom stereocenters. The SMILES string of the molecule is COC(=O)C1CCN(C(=O)c2cccc(S(=O)(=O)N3CCOCC3)c2)CC1. The second-order valence-electron chi connectivity index (χ2n) is 6.63. The molecule has 0 saturated carbocycles. The van der Waals surface area contributed by atoms with E-state index in [4.69, 9.17) is 9.47 Å². The van der Waals surface area contributed by atoms with Crippen LogP contribution in [0.2, 0.25) is 0 Å². The number of amides is 1. The minimum Gasteiger partial charge on any atom is -0.469 e. The number of hydrogen-bond donors (Lipinski definition) is 0. The quantitative estimate of drug-likeness (QED) is 0.697. The molecule has 8 nitrogen and oxygen atoms in total. The summed E-state index contributed by atoms with van der Waals surface area (Å²) in [6.07, 6.45) is 1.09. The van der Waals surface area contributed by atoms with Crippen LogP contribution in [-0.2, 0) is 24.3 Å². The summed E-state index contributed by atoms with van der Waals surface area (Å²) in [7, 11) is -2.29. The number of methoxy groups -OCH3 is 1. The molecular weight excluding hydrogens is 372 g/mol. The van der Waals surface area contributed by atoms with Gasteiger partial charge in [-0.1, -0.05) is 6.07 Å². The van der Waals surface area contributed by atoms with E-state index in [1.807, 2.05) is 0 Å². The zero-order chi connectivity index (χ0) is 19.4. The molecule has 0 unspecified atom stereocenters. The molecule has 2 heterocycles. The fourth-order valence-electron chi connectivity index (χ4n) is 3.39. The molecule has 1 aromatic carbocycles. The molecule has 9 heteroatoms. The van der Waals surface area contributed by atoms with Crippen LogP contribution in [0.1, 0.15) is 23.2 Å². The van der Waals surface area contributed by atoms with E-state index in [1.54, 1.807) is 17.0 Å². The monoisotopic (exact) mass is 396 g/mol. The summed E-state index contributed by atoms with van der Waals surface area (Å²) in [5.41, 5.74) is 0.334. The van der Waals surface area contributed by atoms with E-state index in [1.165, 1.54) is 23.5 Å². The zero-order valence-electron chi connectivity index (χ0n) is 15.3. The van der Waals surface area contributed by atoms with Crippen LogP contribution in [0.4, 0.5) is 0 Å². The van der Waals surface area contributed by atoms with Crippen molar-refractivity contribution in [1.29, 1.82) is 0 Å². The van der Waals surface area contributed by atoms with Crippen LogP contribution in [0.15, 0.2) is 29.2 Å². The Bertz CT molecular complexity index is 796. The fraction of sp³-hybridized carbons (Fsp3) is 0.556.